The molecule has 0 radical (unpaired) electrons. The fourth-order valence-electron chi connectivity index (χ4n) is 0.502. The molecule has 5 heteroatoms. The van der Waals surface area contributed by atoms with Gasteiger partial charge in [0.05, 0.1) is 6.33 Å². The van der Waals surface area contributed by atoms with Crippen molar-refractivity contribution in [2.75, 3.05) is 5.73 Å². The van der Waals surface area contributed by atoms with Crippen molar-refractivity contribution in [3.05, 3.63) is 12.0 Å². The Kier molecular flexibility index (Phi) is 1.11. The van der Waals surface area contributed by atoms with Crippen LogP contribution in [-0.2, 0) is 0 Å². The summed E-state index contributed by atoms with van der Waals surface area (Å²) in [5.74, 6) is -0.451. The zero-order chi connectivity index (χ0) is 6.85. The molecule has 0 aliphatic rings. The van der Waals surface area contributed by atoms with Gasteiger partial charge in [-0.2, -0.15) is 0 Å². The molecule has 5 N–H and O–H groups in total. The number of aromatic amines is 1. The second kappa shape index (κ2) is 1.77. The second-order valence-corrected chi connectivity index (χ2v) is 1.53. The van der Waals surface area contributed by atoms with Crippen molar-refractivity contribution in [2.45, 2.75) is 0 Å². The second-order valence-electron chi connectivity index (χ2n) is 1.53. The molecule has 1 aromatic rings. The number of rotatable bonds is 1. The van der Waals surface area contributed by atoms with E-state index in [9.17, 15) is 4.79 Å². The Hall–Kier alpha value is -1.52. The minimum absolute atomic E-state index is 0.141. The first-order valence-corrected chi connectivity index (χ1v) is 2.30. The summed E-state index contributed by atoms with van der Waals surface area (Å²) in [6.45, 7) is 0. The van der Waals surface area contributed by atoms with Gasteiger partial charge in [-0.25, -0.2) is 4.98 Å². The summed E-state index contributed by atoms with van der Waals surface area (Å²) in [5.41, 5.74) is 10.2. The highest BCUT2D eigenvalue weighted by Crippen LogP contribution is 2.00. The van der Waals surface area contributed by atoms with Crippen molar-refractivity contribution in [3.8, 4) is 0 Å². The number of carbonyl (C=O) groups is 1. The van der Waals surface area contributed by atoms with Crippen molar-refractivity contribution in [3.63, 3.8) is 0 Å². The molecule has 1 amide bonds. The van der Waals surface area contributed by atoms with Crippen molar-refractivity contribution < 1.29 is 4.79 Å². The molecule has 0 aliphatic carbocycles. The topological polar surface area (TPSA) is 97.8 Å². The van der Waals surface area contributed by atoms with Gasteiger partial charge in [0, 0.05) is 0 Å². The molecule has 0 aliphatic heterocycles. The molecule has 0 unspecified atom stereocenters. The molecular weight excluding hydrogens is 123 g/mol. The maximum absolute atomic E-state index is 10.4. The van der Waals surface area contributed by atoms with Gasteiger partial charge in [0.2, 0.25) is 0 Å². The molecule has 0 spiro atoms. The molecule has 9 heavy (non-hydrogen) atoms. The molecule has 0 fully saturated rings. The number of anilines is 1. The molecule has 1 aromatic heterocycles. The Morgan fingerprint density at radius 1 is 1.78 bits per heavy atom. The van der Waals surface area contributed by atoms with E-state index >= 15 is 0 Å². The third-order valence-electron chi connectivity index (χ3n) is 0.915. The highest BCUT2D eigenvalue weighted by molar-refractivity contribution is 5.94. The average molecular weight is 129 g/mol. The highest BCUT2D eigenvalue weighted by Gasteiger charge is 2.05. The lowest BCUT2D eigenvalue weighted by Crippen LogP contribution is -2.13. The summed E-state index contributed by atoms with van der Waals surface area (Å²) in [5, 5.41) is 0. The van der Waals surface area contributed by atoms with E-state index in [1.54, 1.807) is 0 Å². The number of nitrogen functional groups attached to an aromatic ring is 1. The summed E-state index contributed by atoms with van der Waals surface area (Å²) >= 11 is 0. The molecule has 0 bridgehead atoms. The molecule has 1 rings (SSSR count). The van der Waals surface area contributed by atoms with E-state index in [1.165, 1.54) is 6.33 Å². The lowest BCUT2D eigenvalue weighted by Gasteiger charge is -1.87. The lowest BCUT2D eigenvalue weighted by atomic mass is 10.4. The minimum Gasteiger partial charge on any atom is -0.382 e. The molecule has 0 saturated carbocycles. The number of nitrogens with one attached hydrogen (secondary N) is 1. The quantitative estimate of drug-likeness (QED) is 0.428. The van der Waals surface area contributed by atoms with Crippen molar-refractivity contribution >= 4 is 11.7 Å². The standard InChI is InChI=1S/C4H6N4O/c5-3-2(4(6)9)7-1-8-3/h1H,5H2,(H2,6,9)(H,7,8)/i1+1,5+1,6+1. The number of aromatic nitrogens is 2. The van der Waals surface area contributed by atoms with Crippen LogP contribution in [0.15, 0.2) is 6.33 Å². The van der Waals surface area contributed by atoms with E-state index in [0.717, 1.165) is 0 Å². The maximum atomic E-state index is 10.4. The minimum atomic E-state index is -0.593. The van der Waals surface area contributed by atoms with Crippen LogP contribution in [0, 0.1) is 0 Å². The number of hydrogen-bond donors (Lipinski definition) is 3. The van der Waals surface area contributed by atoms with Crippen LogP contribution in [0.2, 0.25) is 0 Å². The largest absolute Gasteiger partial charge is 0.382 e. The van der Waals surface area contributed by atoms with Crippen LogP contribution in [0.1, 0.15) is 10.5 Å². The van der Waals surface area contributed by atoms with Crippen LogP contribution in [0.3, 0.4) is 0 Å². The van der Waals surface area contributed by atoms with Crippen LogP contribution in [0.4, 0.5) is 5.82 Å². The van der Waals surface area contributed by atoms with E-state index in [1.807, 2.05) is 0 Å². The first-order valence-electron chi connectivity index (χ1n) is 2.30. The predicted octanol–water partition coefficient (Wildman–Crippen LogP) is -0.909. The Labute approximate surface area is 51.1 Å². The van der Waals surface area contributed by atoms with Crippen LogP contribution in [0.5, 0.6) is 0 Å². The summed E-state index contributed by atoms with van der Waals surface area (Å²) < 4.78 is 0. The van der Waals surface area contributed by atoms with Crippen LogP contribution in [0.25, 0.3) is 0 Å². The van der Waals surface area contributed by atoms with Gasteiger partial charge in [0.1, 0.15) is 5.69 Å². The Bertz CT molecular complexity index is 228. The number of nitrogens with two attached hydrogens (primary N) is 2. The number of primary amides is 1. The lowest BCUT2D eigenvalue weighted by molar-refractivity contribution is 0.0997. The van der Waals surface area contributed by atoms with Gasteiger partial charge in [-0.05, 0) is 0 Å². The number of hydrogen-bond acceptors (Lipinski definition) is 3. The summed E-state index contributed by atoms with van der Waals surface area (Å²) in [6.07, 6.45) is 1.31. The molecule has 0 saturated heterocycles. The predicted molar refractivity (Wildman–Crippen MR) is 31.5 cm³/mol. The Balaban J connectivity index is 3.08. The average Bonchev–Trinajstić information content (AvgIpc) is 2.13. The normalized spacial score (nSPS) is 9.33. The van der Waals surface area contributed by atoms with Gasteiger partial charge >= 0.3 is 0 Å². The summed E-state index contributed by atoms with van der Waals surface area (Å²) in [6, 6.07) is 0. The first kappa shape index (κ1) is 5.61. The maximum Gasteiger partial charge on any atom is 0.269 e. The third-order valence-corrected chi connectivity index (χ3v) is 0.915. The number of carbonyl (C=O) groups excluding carboxylic acids is 1. The highest BCUT2D eigenvalue weighted by atomic mass is 16.2. The van der Waals surface area contributed by atoms with E-state index in [-0.39, 0.29) is 11.5 Å². The van der Waals surface area contributed by atoms with Crippen molar-refractivity contribution in [1.82, 2.24) is 9.97 Å². The van der Waals surface area contributed by atoms with Crippen LogP contribution >= 0.6 is 0 Å². The molecule has 5 nitrogen and oxygen atoms in total. The van der Waals surface area contributed by atoms with Gasteiger partial charge in [0.15, 0.2) is 5.82 Å². The van der Waals surface area contributed by atoms with Gasteiger partial charge in [-0.3, -0.25) is 4.79 Å². The van der Waals surface area contributed by atoms with Crippen LogP contribution in [-0.4, -0.2) is 15.9 Å². The monoisotopic (exact) mass is 129 g/mol. The summed E-state index contributed by atoms with van der Waals surface area (Å²) in [4.78, 5) is 16.4. The Morgan fingerprint density at radius 2 is 2.44 bits per heavy atom. The molecule has 48 valence electrons. The van der Waals surface area contributed by atoms with Crippen LogP contribution < -0.4 is 11.5 Å². The molecular formula is C4H6N4O. The van der Waals surface area contributed by atoms with Crippen molar-refractivity contribution in [1.29, 1.82) is 0 Å². The van der Waals surface area contributed by atoms with Gasteiger partial charge in [0.25, 0.3) is 5.91 Å². The van der Waals surface area contributed by atoms with E-state index < -0.39 is 5.91 Å². The smallest absolute Gasteiger partial charge is 0.269 e. The number of H-pyrrole nitrogens is 1. The number of amides is 1. The molecule has 0 atom stereocenters. The van der Waals surface area contributed by atoms with E-state index in [2.05, 4.69) is 9.97 Å². The number of imidazole rings is 1. The fraction of sp³-hybridized carbons (Fsp3) is 0. The molecule has 1 heterocycles. The zero-order valence-electron chi connectivity index (χ0n) is 4.59. The van der Waals surface area contributed by atoms with Gasteiger partial charge in [-0.1, -0.05) is 0 Å². The first-order chi connectivity index (χ1) is 4.22. The Morgan fingerprint density at radius 3 is 2.67 bits per heavy atom. The van der Waals surface area contributed by atoms with Gasteiger partial charge in [-0.15, -0.1) is 0 Å². The zero-order valence-corrected chi connectivity index (χ0v) is 4.59. The summed E-state index contributed by atoms with van der Waals surface area (Å²) in [7, 11) is 0. The number of nitrogens with zero attached hydrogens (tertiary/aromatic N) is 1. The van der Waals surface area contributed by atoms with E-state index in [0.29, 0.717) is 0 Å². The van der Waals surface area contributed by atoms with Crippen molar-refractivity contribution in [2.24, 2.45) is 5.73 Å². The third kappa shape index (κ3) is 0.835. The van der Waals surface area contributed by atoms with E-state index in [4.69, 9.17) is 11.5 Å². The fourth-order valence-corrected chi connectivity index (χ4v) is 0.502. The SMILES string of the molecule is [15NH2]C(=O)c1[nH][13cH]nc1[15NH2]. The van der Waals surface area contributed by atoms with Gasteiger partial charge < -0.3 is 16.5 Å². The molecule has 0 aromatic carbocycles.